The van der Waals surface area contributed by atoms with Crippen molar-refractivity contribution in [3.8, 4) is 0 Å². The number of nitrogens with one attached hydrogen (secondary N) is 2. The van der Waals surface area contributed by atoms with Gasteiger partial charge < -0.3 is 25.2 Å². The third kappa shape index (κ3) is 8.69. The zero-order valence-corrected chi connectivity index (χ0v) is 20.2. The highest BCUT2D eigenvalue weighted by Gasteiger charge is 2.27. The van der Waals surface area contributed by atoms with Crippen LogP contribution in [-0.4, -0.2) is 112 Å². The molecule has 7 heteroatoms. The van der Waals surface area contributed by atoms with Crippen LogP contribution >= 0.6 is 0 Å². The largest absolute Gasteiger partial charge is 0.379 e. The number of piperazine rings is 1. The van der Waals surface area contributed by atoms with E-state index in [0.717, 1.165) is 45.4 Å². The molecule has 7 nitrogen and oxygen atoms in total. The third-order valence-electron chi connectivity index (χ3n) is 6.92. The summed E-state index contributed by atoms with van der Waals surface area (Å²) in [6, 6.07) is 0.546. The van der Waals surface area contributed by atoms with E-state index in [1.807, 2.05) is 7.05 Å². The highest BCUT2D eigenvalue weighted by Crippen LogP contribution is 2.19. The topological polar surface area (TPSA) is 55.4 Å². The van der Waals surface area contributed by atoms with E-state index in [4.69, 9.17) is 4.74 Å². The zero-order valence-electron chi connectivity index (χ0n) is 20.2. The van der Waals surface area contributed by atoms with Gasteiger partial charge in [0.05, 0.1) is 13.2 Å². The van der Waals surface area contributed by atoms with Gasteiger partial charge >= 0.3 is 0 Å². The molecule has 0 radical (unpaired) electrons. The molecule has 0 bridgehead atoms. The van der Waals surface area contributed by atoms with E-state index in [0.29, 0.717) is 12.0 Å². The molecule has 1 atom stereocenters. The number of ether oxygens (including phenoxy) is 1. The maximum Gasteiger partial charge on any atom is 0.191 e. The van der Waals surface area contributed by atoms with Crippen molar-refractivity contribution in [1.29, 1.82) is 0 Å². The van der Waals surface area contributed by atoms with Crippen LogP contribution in [0, 0.1) is 5.92 Å². The van der Waals surface area contributed by atoms with Crippen LogP contribution in [0.25, 0.3) is 0 Å². The Morgan fingerprint density at radius 2 is 1.57 bits per heavy atom. The normalized spacial score (nSPS) is 21.2. The smallest absolute Gasteiger partial charge is 0.191 e. The summed E-state index contributed by atoms with van der Waals surface area (Å²) >= 11 is 0. The van der Waals surface area contributed by atoms with Crippen molar-refractivity contribution in [3.05, 3.63) is 0 Å². The lowest BCUT2D eigenvalue weighted by Gasteiger charge is -2.39. The van der Waals surface area contributed by atoms with Crippen molar-refractivity contribution in [1.82, 2.24) is 25.3 Å². The first-order valence-corrected chi connectivity index (χ1v) is 12.4. The van der Waals surface area contributed by atoms with Crippen molar-refractivity contribution < 1.29 is 4.74 Å². The number of rotatable bonds is 12. The van der Waals surface area contributed by atoms with Gasteiger partial charge in [0.25, 0.3) is 0 Å². The summed E-state index contributed by atoms with van der Waals surface area (Å²) in [6.45, 7) is 20.0. The van der Waals surface area contributed by atoms with E-state index in [1.165, 1.54) is 65.0 Å². The third-order valence-corrected chi connectivity index (χ3v) is 6.92. The number of morpholine rings is 1. The Hall–Kier alpha value is -0.890. The average molecular weight is 425 g/mol. The van der Waals surface area contributed by atoms with Crippen LogP contribution in [-0.2, 0) is 4.74 Å². The Labute approximate surface area is 185 Å². The first-order chi connectivity index (χ1) is 14.7. The second-order valence-corrected chi connectivity index (χ2v) is 8.66. The summed E-state index contributed by atoms with van der Waals surface area (Å²) in [5.74, 6) is 1.65. The first kappa shape index (κ1) is 25.4. The van der Waals surface area contributed by atoms with E-state index in [9.17, 15) is 0 Å². The minimum atomic E-state index is 0.546. The lowest BCUT2D eigenvalue weighted by atomic mass is 9.92. The lowest BCUT2D eigenvalue weighted by Crippen LogP contribution is -2.53. The molecule has 2 rings (SSSR count). The van der Waals surface area contributed by atoms with Gasteiger partial charge in [0.2, 0.25) is 0 Å². The Balaban J connectivity index is 1.66. The molecule has 0 aliphatic carbocycles. The molecule has 0 amide bonds. The molecule has 30 heavy (non-hydrogen) atoms. The molecule has 2 N–H and O–H groups in total. The quantitative estimate of drug-likeness (QED) is 0.283. The number of hydrogen-bond donors (Lipinski definition) is 2. The SMILES string of the molecule is CCC(CC)C(CNC(=NC)NCCCCN1CCN(CC)CC1)N1CCOCC1. The molecule has 2 aliphatic heterocycles. The molecule has 176 valence electrons. The number of nitrogens with zero attached hydrogens (tertiary/aromatic N) is 4. The van der Waals surface area contributed by atoms with E-state index < -0.39 is 0 Å². The molecule has 2 aliphatic rings. The van der Waals surface area contributed by atoms with E-state index in [-0.39, 0.29) is 0 Å². The Morgan fingerprint density at radius 3 is 2.17 bits per heavy atom. The Bertz CT molecular complexity index is 457. The standard InChI is InChI=1S/C23H48N6O/c1-5-21(6-2)22(29-16-18-30-19-17-29)20-26-23(24-4)25-10-8-9-11-28-14-12-27(7-3)13-15-28/h21-22H,5-20H2,1-4H3,(H2,24,25,26). The van der Waals surface area contributed by atoms with Gasteiger partial charge in [-0.05, 0) is 31.8 Å². The van der Waals surface area contributed by atoms with Crippen molar-refractivity contribution in [2.24, 2.45) is 10.9 Å². The molecule has 2 heterocycles. The maximum absolute atomic E-state index is 5.57. The van der Waals surface area contributed by atoms with Crippen LogP contribution in [0.1, 0.15) is 46.5 Å². The molecule has 1 unspecified atom stereocenters. The van der Waals surface area contributed by atoms with Gasteiger partial charge in [-0.1, -0.05) is 33.6 Å². The fourth-order valence-corrected chi connectivity index (χ4v) is 4.75. The highest BCUT2D eigenvalue weighted by atomic mass is 16.5. The van der Waals surface area contributed by atoms with Crippen LogP contribution in [0.4, 0.5) is 0 Å². The van der Waals surface area contributed by atoms with Crippen molar-refractivity contribution in [2.75, 3.05) is 85.7 Å². The first-order valence-electron chi connectivity index (χ1n) is 12.4. The Kier molecular flexibility index (Phi) is 12.7. The number of hydrogen-bond acceptors (Lipinski definition) is 5. The number of guanidine groups is 1. The van der Waals surface area contributed by atoms with Crippen LogP contribution in [0.3, 0.4) is 0 Å². The summed E-state index contributed by atoms with van der Waals surface area (Å²) < 4.78 is 5.57. The maximum atomic E-state index is 5.57. The van der Waals surface area contributed by atoms with Gasteiger partial charge in [-0.2, -0.15) is 0 Å². The summed E-state index contributed by atoms with van der Waals surface area (Å²) in [5, 5.41) is 7.13. The van der Waals surface area contributed by atoms with Crippen LogP contribution in [0.15, 0.2) is 4.99 Å². The van der Waals surface area contributed by atoms with Gasteiger partial charge in [0.15, 0.2) is 5.96 Å². The predicted molar refractivity (Wildman–Crippen MR) is 127 cm³/mol. The molecular formula is C23H48N6O. The molecule has 2 saturated heterocycles. The molecule has 0 aromatic carbocycles. The molecule has 0 saturated carbocycles. The van der Waals surface area contributed by atoms with E-state index in [1.54, 1.807) is 0 Å². The molecule has 2 fully saturated rings. The second-order valence-electron chi connectivity index (χ2n) is 8.66. The van der Waals surface area contributed by atoms with Gasteiger partial charge in [-0.15, -0.1) is 0 Å². The Morgan fingerprint density at radius 1 is 0.900 bits per heavy atom. The summed E-state index contributed by atoms with van der Waals surface area (Å²) in [5.41, 5.74) is 0. The summed E-state index contributed by atoms with van der Waals surface area (Å²) in [6.07, 6.45) is 4.88. The van der Waals surface area contributed by atoms with Gasteiger partial charge in [0, 0.05) is 65.4 Å². The average Bonchev–Trinajstić information content (AvgIpc) is 2.81. The number of aliphatic imine (C=N–C) groups is 1. The minimum absolute atomic E-state index is 0.546. The van der Waals surface area contributed by atoms with Crippen molar-refractivity contribution in [2.45, 2.75) is 52.5 Å². The van der Waals surface area contributed by atoms with Crippen molar-refractivity contribution in [3.63, 3.8) is 0 Å². The molecule has 0 aromatic heterocycles. The zero-order chi connectivity index (χ0) is 21.6. The summed E-state index contributed by atoms with van der Waals surface area (Å²) in [4.78, 5) is 12.2. The predicted octanol–water partition coefficient (Wildman–Crippen LogP) is 1.71. The fraction of sp³-hybridized carbons (Fsp3) is 0.957. The monoisotopic (exact) mass is 424 g/mol. The van der Waals surface area contributed by atoms with Crippen LogP contribution in [0.2, 0.25) is 0 Å². The van der Waals surface area contributed by atoms with Crippen LogP contribution in [0.5, 0.6) is 0 Å². The molecule has 0 aromatic rings. The van der Waals surface area contributed by atoms with Crippen molar-refractivity contribution >= 4 is 5.96 Å². The van der Waals surface area contributed by atoms with Gasteiger partial charge in [0.1, 0.15) is 0 Å². The van der Waals surface area contributed by atoms with Gasteiger partial charge in [-0.3, -0.25) is 9.89 Å². The van der Waals surface area contributed by atoms with Gasteiger partial charge in [-0.25, -0.2) is 0 Å². The highest BCUT2D eigenvalue weighted by molar-refractivity contribution is 5.79. The van der Waals surface area contributed by atoms with Crippen LogP contribution < -0.4 is 10.6 Å². The summed E-state index contributed by atoms with van der Waals surface area (Å²) in [7, 11) is 1.88. The van der Waals surface area contributed by atoms with E-state index in [2.05, 4.69) is 51.1 Å². The molecule has 0 spiro atoms. The fourth-order valence-electron chi connectivity index (χ4n) is 4.75. The number of likely N-dealkylation sites (N-methyl/N-ethyl adjacent to an activating group) is 1. The lowest BCUT2D eigenvalue weighted by molar-refractivity contribution is 0.00272. The number of unbranched alkanes of at least 4 members (excludes halogenated alkanes) is 1. The van der Waals surface area contributed by atoms with E-state index >= 15 is 0 Å². The second kappa shape index (κ2) is 15.0. The minimum Gasteiger partial charge on any atom is -0.379 e. The molecular weight excluding hydrogens is 376 g/mol.